The smallest absolute Gasteiger partial charge is 0.133 e. The maximum atomic E-state index is 6.43. The van der Waals surface area contributed by atoms with E-state index in [2.05, 4.69) is 72.8 Å². The van der Waals surface area contributed by atoms with Gasteiger partial charge in [-0.05, 0) is 30.2 Å². The van der Waals surface area contributed by atoms with Crippen LogP contribution in [-0.2, 0) is 6.42 Å². The van der Waals surface area contributed by atoms with Crippen molar-refractivity contribution in [3.63, 3.8) is 0 Å². The highest BCUT2D eigenvalue weighted by Gasteiger charge is 2.12. The minimum absolute atomic E-state index is 0.00940. The summed E-state index contributed by atoms with van der Waals surface area (Å²) in [6.45, 7) is 0. The highest BCUT2D eigenvalue weighted by molar-refractivity contribution is 7.16. The van der Waals surface area contributed by atoms with Crippen LogP contribution in [0.3, 0.4) is 0 Å². The number of rotatable bonds is 6. The number of nitrogens with zero attached hydrogens (tertiary/aromatic N) is 2. The quantitative estimate of drug-likeness (QED) is 0.468. The molecule has 4 nitrogen and oxygen atoms in total. The number of pyridine rings is 1. The van der Waals surface area contributed by atoms with Crippen molar-refractivity contribution < 1.29 is 0 Å². The van der Waals surface area contributed by atoms with Crippen LogP contribution in [0, 0.1) is 0 Å². The number of fused-ring (bicyclic) bond motifs is 1. The number of anilines is 3. The molecule has 0 saturated heterocycles. The fourth-order valence-electron chi connectivity index (χ4n) is 3.31. The van der Waals surface area contributed by atoms with Crippen molar-refractivity contribution >= 4 is 38.7 Å². The van der Waals surface area contributed by atoms with Gasteiger partial charge in [-0.15, -0.1) is 11.3 Å². The lowest BCUT2D eigenvalue weighted by Gasteiger charge is -2.17. The highest BCUT2D eigenvalue weighted by atomic mass is 32.1. The molecule has 0 aliphatic carbocycles. The fourth-order valence-corrected chi connectivity index (χ4v) is 4.22. The Kier molecular flexibility index (Phi) is 5.28. The van der Waals surface area contributed by atoms with Gasteiger partial charge in [0.15, 0.2) is 0 Å². The van der Waals surface area contributed by atoms with Gasteiger partial charge < -0.3 is 16.0 Å². The topological polar surface area (TPSA) is 54.2 Å². The normalized spacial score (nSPS) is 12.1. The van der Waals surface area contributed by atoms with E-state index in [0.717, 1.165) is 33.8 Å². The lowest BCUT2D eigenvalue weighted by molar-refractivity contribution is 0.736. The van der Waals surface area contributed by atoms with E-state index < -0.39 is 0 Å². The zero-order chi connectivity index (χ0) is 19.5. The van der Waals surface area contributed by atoms with Gasteiger partial charge in [-0.3, -0.25) is 0 Å². The summed E-state index contributed by atoms with van der Waals surface area (Å²) in [5.41, 5.74) is 9.81. The second-order valence-corrected chi connectivity index (χ2v) is 8.18. The van der Waals surface area contributed by atoms with Gasteiger partial charge in [-0.1, -0.05) is 48.5 Å². The van der Waals surface area contributed by atoms with Gasteiger partial charge in [-0.2, -0.15) is 0 Å². The van der Waals surface area contributed by atoms with Crippen molar-refractivity contribution in [2.45, 2.75) is 12.5 Å². The molecule has 2 heterocycles. The van der Waals surface area contributed by atoms with Crippen LogP contribution in [0.25, 0.3) is 10.9 Å². The van der Waals surface area contributed by atoms with Crippen molar-refractivity contribution in [3.05, 3.63) is 83.2 Å². The van der Waals surface area contributed by atoms with Crippen molar-refractivity contribution in [3.8, 4) is 0 Å². The molecule has 3 N–H and O–H groups in total. The van der Waals surface area contributed by atoms with Gasteiger partial charge in [0, 0.05) is 42.2 Å². The van der Waals surface area contributed by atoms with Crippen LogP contribution in [0.2, 0.25) is 0 Å². The Bertz CT molecular complexity index is 1070. The molecule has 1 atom stereocenters. The van der Waals surface area contributed by atoms with E-state index in [1.54, 1.807) is 11.3 Å². The first-order chi connectivity index (χ1) is 13.6. The summed E-state index contributed by atoms with van der Waals surface area (Å²) in [6.07, 6.45) is 0.833. The van der Waals surface area contributed by atoms with Gasteiger partial charge in [0.25, 0.3) is 0 Å². The number of aromatic nitrogens is 1. The number of hydrogen-bond donors (Lipinski definition) is 2. The van der Waals surface area contributed by atoms with E-state index in [9.17, 15) is 0 Å². The molecule has 28 heavy (non-hydrogen) atoms. The summed E-state index contributed by atoms with van der Waals surface area (Å²) >= 11 is 1.68. The predicted octanol–water partition coefficient (Wildman–Crippen LogP) is 5.35. The molecule has 0 saturated carbocycles. The van der Waals surface area contributed by atoms with Crippen molar-refractivity contribution in [1.82, 2.24) is 4.98 Å². The molecule has 4 rings (SSSR count). The Hall–Kier alpha value is -2.89. The van der Waals surface area contributed by atoms with Crippen LogP contribution in [0.4, 0.5) is 16.5 Å². The molecule has 0 aliphatic heterocycles. The average Bonchev–Trinajstić information content (AvgIpc) is 3.16. The number of hydrogen-bond acceptors (Lipinski definition) is 5. The molecule has 0 amide bonds. The third-order valence-electron chi connectivity index (χ3n) is 4.72. The van der Waals surface area contributed by atoms with Crippen LogP contribution in [0.5, 0.6) is 0 Å². The Labute approximate surface area is 169 Å². The second kappa shape index (κ2) is 8.00. The molecule has 2 aromatic carbocycles. The van der Waals surface area contributed by atoms with Crippen LogP contribution < -0.4 is 16.0 Å². The lowest BCUT2D eigenvalue weighted by Crippen LogP contribution is -2.11. The average molecular weight is 389 g/mol. The minimum Gasteiger partial charge on any atom is -0.377 e. The van der Waals surface area contributed by atoms with Crippen LogP contribution in [-0.4, -0.2) is 19.1 Å². The Morgan fingerprint density at radius 3 is 2.54 bits per heavy atom. The highest BCUT2D eigenvalue weighted by Crippen LogP contribution is 2.32. The summed E-state index contributed by atoms with van der Waals surface area (Å²) in [6, 6.07) is 24.9. The minimum atomic E-state index is -0.00940. The van der Waals surface area contributed by atoms with Gasteiger partial charge in [0.1, 0.15) is 5.82 Å². The molecule has 5 heteroatoms. The number of nitrogens with one attached hydrogen (secondary N) is 1. The van der Waals surface area contributed by atoms with Crippen molar-refractivity contribution in [2.75, 3.05) is 24.3 Å². The standard InChI is InChI=1S/C23H24N4S/c1-27(2)20-15-22(25-19-11-7-6-10-17(19)20)26-23-13-12-21(28-23)18(24)14-16-8-4-3-5-9-16/h3-13,15,18H,14,24H2,1-2H3,(H,25,26). The van der Waals surface area contributed by atoms with E-state index in [1.807, 2.05) is 24.3 Å². The molecular formula is C23H24N4S. The molecule has 2 aromatic heterocycles. The molecule has 142 valence electrons. The number of thiophene rings is 1. The molecular weight excluding hydrogens is 364 g/mol. The summed E-state index contributed by atoms with van der Waals surface area (Å²) < 4.78 is 0. The monoisotopic (exact) mass is 388 g/mol. The van der Waals surface area contributed by atoms with E-state index in [1.165, 1.54) is 10.4 Å². The van der Waals surface area contributed by atoms with E-state index in [0.29, 0.717) is 0 Å². The van der Waals surface area contributed by atoms with Crippen LogP contribution >= 0.6 is 11.3 Å². The molecule has 0 fully saturated rings. The van der Waals surface area contributed by atoms with E-state index in [-0.39, 0.29) is 6.04 Å². The SMILES string of the molecule is CN(C)c1cc(Nc2ccc(C(N)Cc3ccccc3)s2)nc2ccccc12. The van der Waals surface area contributed by atoms with E-state index in [4.69, 9.17) is 10.7 Å². The van der Waals surface area contributed by atoms with Gasteiger partial charge in [0.05, 0.1) is 10.5 Å². The van der Waals surface area contributed by atoms with Gasteiger partial charge in [0.2, 0.25) is 0 Å². The Morgan fingerprint density at radius 2 is 1.75 bits per heavy atom. The Morgan fingerprint density at radius 1 is 1.00 bits per heavy atom. The third kappa shape index (κ3) is 4.01. The maximum Gasteiger partial charge on any atom is 0.133 e. The number of benzene rings is 2. The largest absolute Gasteiger partial charge is 0.377 e. The van der Waals surface area contributed by atoms with Crippen molar-refractivity contribution in [2.24, 2.45) is 5.73 Å². The van der Waals surface area contributed by atoms with Crippen LogP contribution in [0.1, 0.15) is 16.5 Å². The molecule has 0 bridgehead atoms. The number of nitrogens with two attached hydrogens (primary N) is 1. The summed E-state index contributed by atoms with van der Waals surface area (Å²) in [4.78, 5) is 8.06. The maximum absolute atomic E-state index is 6.43. The first kappa shape index (κ1) is 18.5. The summed E-state index contributed by atoms with van der Waals surface area (Å²) in [5, 5.41) is 5.65. The molecule has 0 aliphatic rings. The number of para-hydroxylation sites is 1. The third-order valence-corrected chi connectivity index (χ3v) is 5.85. The zero-order valence-corrected chi connectivity index (χ0v) is 16.9. The second-order valence-electron chi connectivity index (χ2n) is 7.06. The van der Waals surface area contributed by atoms with Gasteiger partial charge >= 0.3 is 0 Å². The summed E-state index contributed by atoms with van der Waals surface area (Å²) in [5.74, 6) is 0.840. The fraction of sp³-hybridized carbons (Fsp3) is 0.174. The lowest BCUT2D eigenvalue weighted by atomic mass is 10.1. The Balaban J connectivity index is 1.55. The van der Waals surface area contributed by atoms with Crippen molar-refractivity contribution in [1.29, 1.82) is 0 Å². The van der Waals surface area contributed by atoms with E-state index >= 15 is 0 Å². The molecule has 1 unspecified atom stereocenters. The summed E-state index contributed by atoms with van der Waals surface area (Å²) in [7, 11) is 4.11. The zero-order valence-electron chi connectivity index (χ0n) is 16.1. The van der Waals surface area contributed by atoms with Gasteiger partial charge in [-0.25, -0.2) is 4.98 Å². The predicted molar refractivity (Wildman–Crippen MR) is 121 cm³/mol. The molecule has 0 spiro atoms. The molecule has 4 aromatic rings. The first-order valence-electron chi connectivity index (χ1n) is 9.33. The first-order valence-corrected chi connectivity index (χ1v) is 10.1. The van der Waals surface area contributed by atoms with Crippen LogP contribution in [0.15, 0.2) is 72.8 Å². The molecule has 0 radical (unpaired) electrons.